The molecule has 0 aliphatic carbocycles. The summed E-state index contributed by atoms with van der Waals surface area (Å²) in [7, 11) is 5.47. The summed E-state index contributed by atoms with van der Waals surface area (Å²) in [6.45, 7) is 2.03. The average molecular weight is 330 g/mol. The van der Waals surface area contributed by atoms with Crippen molar-refractivity contribution in [3.8, 4) is 5.75 Å². The molecule has 7 heteroatoms. The van der Waals surface area contributed by atoms with Gasteiger partial charge in [-0.25, -0.2) is 4.98 Å². The van der Waals surface area contributed by atoms with Crippen LogP contribution in [0.4, 0.5) is 17.2 Å². The van der Waals surface area contributed by atoms with Gasteiger partial charge in [-0.1, -0.05) is 13.0 Å². The zero-order chi connectivity index (χ0) is 17.7. The van der Waals surface area contributed by atoms with Crippen LogP contribution in [0.3, 0.4) is 0 Å². The van der Waals surface area contributed by atoms with Gasteiger partial charge in [0.2, 0.25) is 5.82 Å². The van der Waals surface area contributed by atoms with E-state index in [-0.39, 0.29) is 11.9 Å². The Bertz CT molecular complexity index is 706. The summed E-state index contributed by atoms with van der Waals surface area (Å²) in [6, 6.07) is 10.5. The Kier molecular flexibility index (Phi) is 5.70. The van der Waals surface area contributed by atoms with E-state index in [1.54, 1.807) is 19.4 Å². The molecule has 1 heterocycles. The van der Waals surface area contributed by atoms with E-state index >= 15 is 0 Å². The van der Waals surface area contributed by atoms with Gasteiger partial charge in [0.05, 0.1) is 18.2 Å². The number of ether oxygens (including phenoxy) is 1. The second kappa shape index (κ2) is 7.74. The maximum absolute atomic E-state index is 11.5. The number of pyridine rings is 1. The van der Waals surface area contributed by atoms with E-state index in [1.807, 2.05) is 55.1 Å². The number of rotatable bonds is 7. The SMILES string of the molecule is CCC(N(C)C)N(c1cccc(OC)c1)c1ncccc1[N+](=O)[O-]. The zero-order valence-electron chi connectivity index (χ0n) is 14.3. The summed E-state index contributed by atoms with van der Waals surface area (Å²) >= 11 is 0. The zero-order valence-corrected chi connectivity index (χ0v) is 14.3. The molecule has 0 aliphatic heterocycles. The quantitative estimate of drug-likeness (QED) is 0.440. The summed E-state index contributed by atoms with van der Waals surface area (Å²) in [5.74, 6) is 1.00. The molecule has 0 N–H and O–H groups in total. The topological polar surface area (TPSA) is 71.7 Å². The maximum Gasteiger partial charge on any atom is 0.311 e. The van der Waals surface area contributed by atoms with Crippen molar-refractivity contribution in [1.29, 1.82) is 0 Å². The van der Waals surface area contributed by atoms with Crippen molar-refractivity contribution in [2.24, 2.45) is 0 Å². The highest BCUT2D eigenvalue weighted by atomic mass is 16.6. The number of hydrogen-bond acceptors (Lipinski definition) is 6. The third kappa shape index (κ3) is 3.62. The highest BCUT2D eigenvalue weighted by Gasteiger charge is 2.28. The predicted octanol–water partition coefficient (Wildman–Crippen LogP) is 3.43. The lowest BCUT2D eigenvalue weighted by molar-refractivity contribution is -0.384. The van der Waals surface area contributed by atoms with E-state index in [1.165, 1.54) is 6.07 Å². The molecule has 24 heavy (non-hydrogen) atoms. The number of nitro groups is 1. The summed E-state index contributed by atoms with van der Waals surface area (Å²) in [5.41, 5.74) is 0.761. The molecule has 0 aliphatic rings. The van der Waals surface area contributed by atoms with Gasteiger partial charge in [0.1, 0.15) is 5.75 Å². The molecule has 2 rings (SSSR count). The average Bonchev–Trinajstić information content (AvgIpc) is 2.59. The molecule has 0 fully saturated rings. The summed E-state index contributed by atoms with van der Waals surface area (Å²) in [4.78, 5) is 19.2. The molecule has 0 bridgehead atoms. The Labute approximate surface area is 141 Å². The minimum absolute atomic E-state index is 0.0272. The fraction of sp³-hybridized carbons (Fsp3) is 0.353. The normalized spacial score (nSPS) is 12.0. The van der Waals surface area contributed by atoms with Crippen LogP contribution in [0.15, 0.2) is 42.6 Å². The van der Waals surface area contributed by atoms with Crippen LogP contribution >= 0.6 is 0 Å². The van der Waals surface area contributed by atoms with E-state index in [0.717, 1.165) is 12.1 Å². The molecule has 1 aromatic heterocycles. The van der Waals surface area contributed by atoms with Crippen LogP contribution in [0.2, 0.25) is 0 Å². The first-order chi connectivity index (χ1) is 11.5. The summed E-state index contributed by atoms with van der Waals surface area (Å²) in [6.07, 6.45) is 2.24. The first-order valence-electron chi connectivity index (χ1n) is 7.68. The van der Waals surface area contributed by atoms with Crippen LogP contribution in [0.25, 0.3) is 0 Å². The summed E-state index contributed by atoms with van der Waals surface area (Å²) < 4.78 is 5.30. The van der Waals surface area contributed by atoms with E-state index in [0.29, 0.717) is 11.6 Å². The molecular weight excluding hydrogens is 308 g/mol. The minimum Gasteiger partial charge on any atom is -0.497 e. The van der Waals surface area contributed by atoms with Crippen LogP contribution in [-0.2, 0) is 0 Å². The molecule has 1 atom stereocenters. The van der Waals surface area contributed by atoms with E-state index in [4.69, 9.17) is 4.74 Å². The maximum atomic E-state index is 11.5. The second-order valence-electron chi connectivity index (χ2n) is 5.53. The van der Waals surface area contributed by atoms with Gasteiger partial charge in [-0.15, -0.1) is 0 Å². The lowest BCUT2D eigenvalue weighted by Crippen LogP contribution is -2.42. The van der Waals surface area contributed by atoms with Crippen molar-refractivity contribution in [1.82, 2.24) is 9.88 Å². The van der Waals surface area contributed by atoms with E-state index < -0.39 is 4.92 Å². The first kappa shape index (κ1) is 17.7. The van der Waals surface area contributed by atoms with Crippen molar-refractivity contribution < 1.29 is 9.66 Å². The van der Waals surface area contributed by atoms with Crippen molar-refractivity contribution in [2.45, 2.75) is 19.5 Å². The molecule has 2 aromatic rings. The Morgan fingerprint density at radius 2 is 2.04 bits per heavy atom. The molecule has 0 spiro atoms. The van der Waals surface area contributed by atoms with Gasteiger partial charge in [-0.2, -0.15) is 0 Å². The Hall–Kier alpha value is -2.67. The molecule has 1 unspecified atom stereocenters. The third-order valence-corrected chi connectivity index (χ3v) is 3.78. The Morgan fingerprint density at radius 1 is 1.29 bits per heavy atom. The summed E-state index contributed by atoms with van der Waals surface area (Å²) in [5, 5.41) is 11.5. The Morgan fingerprint density at radius 3 is 2.62 bits per heavy atom. The molecule has 0 radical (unpaired) electrons. The number of aromatic nitrogens is 1. The van der Waals surface area contributed by atoms with Gasteiger partial charge < -0.3 is 9.64 Å². The number of benzene rings is 1. The van der Waals surface area contributed by atoms with E-state index in [9.17, 15) is 10.1 Å². The van der Waals surface area contributed by atoms with Gasteiger partial charge in [0, 0.05) is 24.0 Å². The lowest BCUT2D eigenvalue weighted by Gasteiger charge is -2.36. The predicted molar refractivity (Wildman–Crippen MR) is 93.8 cm³/mol. The fourth-order valence-electron chi connectivity index (χ4n) is 2.69. The Balaban J connectivity index is 2.65. The number of nitrogens with zero attached hydrogens (tertiary/aromatic N) is 4. The van der Waals surface area contributed by atoms with Gasteiger partial charge in [-0.3, -0.25) is 15.0 Å². The van der Waals surface area contributed by atoms with Crippen LogP contribution in [0, 0.1) is 10.1 Å². The molecule has 0 amide bonds. The molecule has 0 saturated heterocycles. The van der Waals surface area contributed by atoms with Crippen LogP contribution in [0.1, 0.15) is 13.3 Å². The standard InChI is InChI=1S/C17H22N4O3/c1-5-16(19(2)3)20(13-8-6-9-14(12-13)24-4)17-15(21(22)23)10-7-11-18-17/h6-12,16H,5H2,1-4H3. The van der Waals surface area contributed by atoms with Crippen molar-refractivity contribution in [2.75, 3.05) is 26.1 Å². The van der Waals surface area contributed by atoms with E-state index in [2.05, 4.69) is 4.98 Å². The molecular formula is C17H22N4O3. The van der Waals surface area contributed by atoms with Gasteiger partial charge >= 0.3 is 5.69 Å². The van der Waals surface area contributed by atoms with Crippen molar-refractivity contribution in [3.63, 3.8) is 0 Å². The molecule has 128 valence electrons. The van der Waals surface area contributed by atoms with Gasteiger partial charge in [-0.05, 0) is 38.7 Å². The number of anilines is 2. The van der Waals surface area contributed by atoms with Crippen LogP contribution < -0.4 is 9.64 Å². The first-order valence-corrected chi connectivity index (χ1v) is 7.68. The number of methoxy groups -OCH3 is 1. The van der Waals surface area contributed by atoms with Gasteiger partial charge in [0.15, 0.2) is 0 Å². The van der Waals surface area contributed by atoms with Crippen molar-refractivity contribution >= 4 is 17.2 Å². The molecule has 1 aromatic carbocycles. The fourth-order valence-corrected chi connectivity index (χ4v) is 2.69. The second-order valence-corrected chi connectivity index (χ2v) is 5.53. The minimum atomic E-state index is -0.405. The molecule has 7 nitrogen and oxygen atoms in total. The largest absolute Gasteiger partial charge is 0.497 e. The van der Waals surface area contributed by atoms with Crippen LogP contribution in [0.5, 0.6) is 5.75 Å². The monoisotopic (exact) mass is 330 g/mol. The highest BCUT2D eigenvalue weighted by molar-refractivity contribution is 5.69. The highest BCUT2D eigenvalue weighted by Crippen LogP contribution is 2.35. The molecule has 0 saturated carbocycles. The lowest BCUT2D eigenvalue weighted by atomic mass is 10.2. The van der Waals surface area contributed by atoms with Crippen LogP contribution in [-0.4, -0.2) is 42.2 Å². The van der Waals surface area contributed by atoms with Crippen molar-refractivity contribution in [3.05, 3.63) is 52.7 Å². The number of hydrogen-bond donors (Lipinski definition) is 0. The smallest absolute Gasteiger partial charge is 0.311 e. The third-order valence-electron chi connectivity index (χ3n) is 3.78. The van der Waals surface area contributed by atoms with Gasteiger partial charge in [0.25, 0.3) is 0 Å².